The first-order valence-electron chi connectivity index (χ1n) is 5.46. The number of hydrogen-bond acceptors (Lipinski definition) is 4. The van der Waals surface area contributed by atoms with Crippen molar-refractivity contribution in [2.45, 2.75) is 25.8 Å². The van der Waals surface area contributed by atoms with Gasteiger partial charge >= 0.3 is 0 Å². The van der Waals surface area contributed by atoms with Gasteiger partial charge in [0.2, 0.25) is 0 Å². The second-order valence-electron chi connectivity index (χ2n) is 4.25. The summed E-state index contributed by atoms with van der Waals surface area (Å²) in [7, 11) is 0. The predicted molar refractivity (Wildman–Crippen MR) is 72.5 cm³/mol. The maximum Gasteiger partial charge on any atom is 0.169 e. The van der Waals surface area contributed by atoms with Crippen LogP contribution in [0.5, 0.6) is 0 Å². The van der Waals surface area contributed by atoms with Crippen molar-refractivity contribution in [1.29, 1.82) is 0 Å². The minimum Gasteiger partial charge on any atom is -0.367 e. The summed E-state index contributed by atoms with van der Waals surface area (Å²) in [5.41, 5.74) is 2.23. The van der Waals surface area contributed by atoms with E-state index in [4.69, 9.17) is 0 Å². The molecule has 0 aromatic carbocycles. The lowest BCUT2D eigenvalue weighted by molar-refractivity contribution is 0.112. The minimum atomic E-state index is 0.529. The average Bonchev–Trinajstić information content (AvgIpc) is 3.05. The van der Waals surface area contributed by atoms with Crippen LogP contribution in [0.25, 0.3) is 5.65 Å². The molecular weight excluding hydrogens is 331 g/mol. The Bertz CT molecular complexity index is 603. The van der Waals surface area contributed by atoms with Crippen LogP contribution in [-0.2, 0) is 0 Å². The second-order valence-corrected chi connectivity index (χ2v) is 5.27. The number of anilines is 1. The minimum absolute atomic E-state index is 0.529. The van der Waals surface area contributed by atoms with Gasteiger partial charge in [-0.15, -0.1) is 0 Å². The number of carbonyl (C=O) groups is 1. The van der Waals surface area contributed by atoms with Gasteiger partial charge in [-0.05, 0) is 42.4 Å². The summed E-state index contributed by atoms with van der Waals surface area (Å²) in [5.74, 6) is 0.954. The lowest BCUT2D eigenvalue weighted by Crippen LogP contribution is -2.11. The Morgan fingerprint density at radius 3 is 3.00 bits per heavy atom. The zero-order valence-corrected chi connectivity index (χ0v) is 11.4. The normalized spacial score (nSPS) is 15.2. The van der Waals surface area contributed by atoms with Gasteiger partial charge in [0.1, 0.15) is 9.52 Å². The van der Waals surface area contributed by atoms with Gasteiger partial charge in [0.25, 0.3) is 0 Å². The molecule has 2 aromatic rings. The van der Waals surface area contributed by atoms with Crippen molar-refractivity contribution in [1.82, 2.24) is 14.6 Å². The molecule has 0 saturated heterocycles. The number of nitrogens with zero attached hydrogens (tertiary/aromatic N) is 3. The monoisotopic (exact) mass is 342 g/mol. The molecule has 0 atom stereocenters. The van der Waals surface area contributed by atoms with E-state index in [1.165, 1.54) is 12.8 Å². The number of aldehydes is 1. The Morgan fingerprint density at radius 1 is 1.59 bits per heavy atom. The topological polar surface area (TPSA) is 59.3 Å². The van der Waals surface area contributed by atoms with Crippen LogP contribution in [0, 0.1) is 10.6 Å². The van der Waals surface area contributed by atoms with E-state index in [9.17, 15) is 4.79 Å². The number of halogens is 1. The fourth-order valence-electron chi connectivity index (χ4n) is 1.74. The van der Waals surface area contributed by atoms with Crippen LogP contribution in [0.1, 0.15) is 28.8 Å². The van der Waals surface area contributed by atoms with Crippen LogP contribution in [0.15, 0.2) is 6.20 Å². The number of aromatic nitrogens is 3. The van der Waals surface area contributed by atoms with Gasteiger partial charge in [0.05, 0.1) is 11.8 Å². The van der Waals surface area contributed by atoms with Crippen molar-refractivity contribution >= 4 is 40.3 Å². The Labute approximate surface area is 112 Å². The Hall–Kier alpha value is -1.18. The number of carbonyl (C=O) groups excluding carboxylic acids is 1. The van der Waals surface area contributed by atoms with Gasteiger partial charge < -0.3 is 5.32 Å². The van der Waals surface area contributed by atoms with E-state index in [1.54, 1.807) is 10.7 Å². The molecule has 0 unspecified atom stereocenters. The molecule has 1 aliphatic rings. The first-order chi connectivity index (χ1) is 8.20. The van der Waals surface area contributed by atoms with Crippen molar-refractivity contribution in [2.24, 2.45) is 0 Å². The van der Waals surface area contributed by atoms with E-state index < -0.39 is 0 Å². The average molecular weight is 342 g/mol. The highest BCUT2D eigenvalue weighted by Gasteiger charge is 2.24. The fraction of sp³-hybridized carbons (Fsp3) is 0.364. The Morgan fingerprint density at radius 2 is 2.35 bits per heavy atom. The SMILES string of the molecule is Cc1c(I)nc2c(C=O)cnn2c1NC1CC1. The molecule has 1 N–H and O–H groups in total. The van der Waals surface area contributed by atoms with Gasteiger partial charge in [-0.1, -0.05) is 0 Å². The molecular formula is C11H11IN4O. The van der Waals surface area contributed by atoms with Gasteiger partial charge in [-0.2, -0.15) is 9.61 Å². The first kappa shape index (κ1) is 10.9. The molecule has 0 bridgehead atoms. The zero-order chi connectivity index (χ0) is 12.0. The highest BCUT2D eigenvalue weighted by molar-refractivity contribution is 14.1. The third-order valence-electron chi connectivity index (χ3n) is 2.90. The molecule has 5 nitrogen and oxygen atoms in total. The number of fused-ring (bicyclic) bond motifs is 1. The summed E-state index contributed by atoms with van der Waals surface area (Å²) in [6.07, 6.45) is 4.74. The van der Waals surface area contributed by atoms with Gasteiger partial charge in [-0.25, -0.2) is 4.98 Å². The van der Waals surface area contributed by atoms with Gasteiger partial charge in [0, 0.05) is 11.6 Å². The van der Waals surface area contributed by atoms with Crippen molar-refractivity contribution in [2.75, 3.05) is 5.32 Å². The lowest BCUT2D eigenvalue weighted by Gasteiger charge is -2.11. The second kappa shape index (κ2) is 3.94. The maximum absolute atomic E-state index is 10.9. The molecule has 3 rings (SSSR count). The molecule has 0 spiro atoms. The van der Waals surface area contributed by atoms with E-state index >= 15 is 0 Å². The van der Waals surface area contributed by atoms with Crippen LogP contribution in [0.2, 0.25) is 0 Å². The third-order valence-corrected chi connectivity index (χ3v) is 3.95. The van der Waals surface area contributed by atoms with E-state index in [1.807, 2.05) is 6.92 Å². The van der Waals surface area contributed by atoms with Crippen LogP contribution in [0.3, 0.4) is 0 Å². The predicted octanol–water partition coefficient (Wildman–Crippen LogP) is 2.03. The largest absolute Gasteiger partial charge is 0.367 e. The van der Waals surface area contributed by atoms with Crippen molar-refractivity contribution in [3.63, 3.8) is 0 Å². The summed E-state index contributed by atoms with van der Waals surface area (Å²) >= 11 is 2.19. The number of hydrogen-bond donors (Lipinski definition) is 1. The molecule has 88 valence electrons. The highest BCUT2D eigenvalue weighted by atomic mass is 127. The molecule has 1 saturated carbocycles. The van der Waals surface area contributed by atoms with E-state index in [0.717, 1.165) is 21.4 Å². The van der Waals surface area contributed by atoms with Crippen molar-refractivity contribution in [3.05, 3.63) is 21.0 Å². The summed E-state index contributed by atoms with van der Waals surface area (Å²) < 4.78 is 2.63. The molecule has 0 radical (unpaired) electrons. The molecule has 1 aliphatic carbocycles. The third kappa shape index (κ3) is 1.80. The summed E-state index contributed by atoms with van der Waals surface area (Å²) in [6, 6.07) is 0.541. The van der Waals surface area contributed by atoms with Gasteiger partial charge in [-0.3, -0.25) is 4.79 Å². The van der Waals surface area contributed by atoms with E-state index in [0.29, 0.717) is 17.3 Å². The first-order valence-corrected chi connectivity index (χ1v) is 6.54. The molecule has 2 aromatic heterocycles. The molecule has 6 heteroatoms. The lowest BCUT2D eigenvalue weighted by atomic mass is 10.3. The van der Waals surface area contributed by atoms with Crippen LogP contribution in [-0.4, -0.2) is 26.9 Å². The maximum atomic E-state index is 10.9. The quantitative estimate of drug-likeness (QED) is 0.527. The van der Waals surface area contributed by atoms with Crippen LogP contribution < -0.4 is 5.32 Å². The molecule has 0 amide bonds. The molecule has 2 heterocycles. The summed E-state index contributed by atoms with van der Waals surface area (Å²) in [6.45, 7) is 2.02. The number of rotatable bonds is 3. The molecule has 1 fully saturated rings. The smallest absolute Gasteiger partial charge is 0.169 e. The Balaban J connectivity index is 2.24. The molecule has 0 aliphatic heterocycles. The van der Waals surface area contributed by atoms with E-state index in [-0.39, 0.29) is 0 Å². The van der Waals surface area contributed by atoms with Crippen molar-refractivity contribution in [3.8, 4) is 0 Å². The standard InChI is InChI=1S/C11H11IN4O/c1-6-9(12)15-11-7(5-17)4-13-16(11)10(6)14-8-2-3-8/h4-5,8,14H,2-3H2,1H3. The number of nitrogens with one attached hydrogen (secondary N) is 1. The van der Waals surface area contributed by atoms with Crippen LogP contribution >= 0.6 is 22.6 Å². The Kier molecular flexibility index (Phi) is 2.53. The van der Waals surface area contributed by atoms with Gasteiger partial charge in [0.15, 0.2) is 11.9 Å². The zero-order valence-electron chi connectivity index (χ0n) is 9.27. The van der Waals surface area contributed by atoms with Crippen molar-refractivity contribution < 1.29 is 4.79 Å². The van der Waals surface area contributed by atoms with E-state index in [2.05, 4.69) is 38.0 Å². The van der Waals surface area contributed by atoms with Crippen LogP contribution in [0.4, 0.5) is 5.82 Å². The summed E-state index contributed by atoms with van der Waals surface area (Å²) in [4.78, 5) is 15.3. The molecule has 17 heavy (non-hydrogen) atoms. The fourth-order valence-corrected chi connectivity index (χ4v) is 2.22. The summed E-state index contributed by atoms with van der Waals surface area (Å²) in [5, 5.41) is 7.67. The highest BCUT2D eigenvalue weighted by Crippen LogP contribution is 2.28.